The molecular weight excluding hydrogens is 768 g/mol. The van der Waals surface area contributed by atoms with Gasteiger partial charge in [-0.15, -0.1) is 11.8 Å². The summed E-state index contributed by atoms with van der Waals surface area (Å²) in [4.78, 5) is 0. The number of hydrogen-bond acceptors (Lipinski definition) is 9. The lowest BCUT2D eigenvalue weighted by Crippen LogP contribution is -2.60. The van der Waals surface area contributed by atoms with Gasteiger partial charge in [0.05, 0.1) is 52.4 Å². The average Bonchev–Trinajstić information content (AvgIpc) is 3.25. The molecule has 0 aromatic heterocycles. The molecule has 1 aliphatic heterocycles. The highest BCUT2D eigenvalue weighted by Crippen LogP contribution is 2.48. The van der Waals surface area contributed by atoms with Gasteiger partial charge in [-0.2, -0.15) is 0 Å². The maximum Gasteiger partial charge on any atom is 0.330 e. The molecule has 0 N–H and O–H groups in total. The number of unbranched alkanes of at least 4 members (excludes halogenated alkanes) is 7. The number of thioether (sulfide) groups is 1. The highest BCUT2D eigenvalue weighted by molar-refractivity contribution is 7.99. The molecule has 1 saturated heterocycles. The molecule has 0 spiro atoms. The molecule has 0 amide bonds. The van der Waals surface area contributed by atoms with Crippen LogP contribution in [-0.2, 0) is 63.7 Å². The molecule has 316 valence electrons. The van der Waals surface area contributed by atoms with Gasteiger partial charge in [-0.3, -0.25) is 4.57 Å². The largest absolute Gasteiger partial charge is 0.374 e. The van der Waals surface area contributed by atoms with E-state index in [0.717, 1.165) is 60.1 Å². The molecular formula is C48H65O8PS. The van der Waals surface area contributed by atoms with Crippen LogP contribution in [0, 0.1) is 0 Å². The first-order valence-corrected chi connectivity index (χ1v) is 24.1. The highest BCUT2D eigenvalue weighted by Gasteiger charge is 2.48. The predicted octanol–water partition coefficient (Wildman–Crippen LogP) is 11.8. The Morgan fingerprint density at radius 1 is 0.517 bits per heavy atom. The fraction of sp³-hybridized carbons (Fsp3) is 0.500. The number of ether oxygens (including phenoxy) is 5. The lowest BCUT2D eigenvalue weighted by Gasteiger charge is -2.46. The lowest BCUT2D eigenvalue weighted by atomic mass is 9.98. The first kappa shape index (κ1) is 46.2. The second-order valence-electron chi connectivity index (χ2n) is 14.7. The minimum atomic E-state index is -2.94. The maximum absolute atomic E-state index is 12.7. The summed E-state index contributed by atoms with van der Waals surface area (Å²) in [5, 5.41) is 0. The zero-order valence-electron chi connectivity index (χ0n) is 34.6. The van der Waals surface area contributed by atoms with E-state index in [0.29, 0.717) is 52.4 Å². The molecule has 1 fully saturated rings. The van der Waals surface area contributed by atoms with E-state index in [1.165, 1.54) is 19.3 Å². The molecule has 1 heterocycles. The van der Waals surface area contributed by atoms with Gasteiger partial charge in [0, 0.05) is 0 Å². The summed E-state index contributed by atoms with van der Waals surface area (Å²) in [5.74, 6) is 0.943. The molecule has 0 radical (unpaired) electrons. The Bertz CT molecular complexity index is 1660. The third-order valence-electron chi connectivity index (χ3n) is 10.1. The van der Waals surface area contributed by atoms with E-state index in [-0.39, 0.29) is 17.6 Å². The summed E-state index contributed by atoms with van der Waals surface area (Å²) in [6.07, 6.45) is 7.72. The van der Waals surface area contributed by atoms with Crippen LogP contribution in [-0.4, -0.2) is 61.6 Å². The Kier molecular flexibility index (Phi) is 21.6. The van der Waals surface area contributed by atoms with Crippen LogP contribution >= 0.6 is 19.4 Å². The van der Waals surface area contributed by atoms with E-state index in [4.69, 9.17) is 32.7 Å². The van der Waals surface area contributed by atoms with E-state index >= 15 is 0 Å². The summed E-state index contributed by atoms with van der Waals surface area (Å²) >= 11 is 1.81. The van der Waals surface area contributed by atoms with Crippen molar-refractivity contribution in [3.05, 3.63) is 144 Å². The van der Waals surface area contributed by atoms with Crippen molar-refractivity contribution in [3.8, 4) is 0 Å². The van der Waals surface area contributed by atoms with Crippen LogP contribution in [0.1, 0.15) is 87.5 Å². The molecule has 5 rings (SSSR count). The Morgan fingerprint density at radius 3 is 1.41 bits per heavy atom. The first-order chi connectivity index (χ1) is 28.6. The number of rotatable bonds is 29. The van der Waals surface area contributed by atoms with Crippen LogP contribution in [0.5, 0.6) is 0 Å². The normalized spacial score (nSPS) is 19.7. The fourth-order valence-corrected chi connectivity index (χ4v) is 10.1. The van der Waals surface area contributed by atoms with Gasteiger partial charge < -0.3 is 32.7 Å². The van der Waals surface area contributed by atoms with Crippen molar-refractivity contribution in [2.75, 3.05) is 31.7 Å². The molecule has 5 atom stereocenters. The third-order valence-corrected chi connectivity index (χ3v) is 13.5. The summed E-state index contributed by atoms with van der Waals surface area (Å²) in [6.45, 7) is 6.68. The molecule has 4 aromatic rings. The number of hydrogen-bond donors (Lipinski definition) is 0. The van der Waals surface area contributed by atoms with Gasteiger partial charge in [-0.1, -0.05) is 160 Å². The minimum Gasteiger partial charge on any atom is -0.374 e. The van der Waals surface area contributed by atoms with Crippen molar-refractivity contribution in [2.45, 2.75) is 121 Å². The van der Waals surface area contributed by atoms with Gasteiger partial charge in [0.15, 0.2) is 0 Å². The smallest absolute Gasteiger partial charge is 0.330 e. The zero-order valence-corrected chi connectivity index (χ0v) is 36.3. The SMILES string of the molecule is CCOP(=O)(CCCCCCCCCCS[C@H]1O[C@H](COCc2ccccc2)[C@H](OCc2ccccc2)[C@H](OCc2ccccc2)[C@H]1OCc1ccccc1)OCC. The van der Waals surface area contributed by atoms with Crippen molar-refractivity contribution in [2.24, 2.45) is 0 Å². The quantitative estimate of drug-likeness (QED) is 0.0392. The van der Waals surface area contributed by atoms with Crippen molar-refractivity contribution in [1.82, 2.24) is 0 Å². The van der Waals surface area contributed by atoms with Crippen molar-refractivity contribution >= 4 is 19.4 Å². The van der Waals surface area contributed by atoms with Gasteiger partial charge in [0.2, 0.25) is 0 Å². The molecule has 0 bridgehead atoms. The van der Waals surface area contributed by atoms with Gasteiger partial charge in [0.25, 0.3) is 0 Å². The summed E-state index contributed by atoms with van der Waals surface area (Å²) in [6, 6.07) is 41.1. The van der Waals surface area contributed by atoms with Gasteiger partial charge >= 0.3 is 7.60 Å². The lowest BCUT2D eigenvalue weighted by molar-refractivity contribution is -0.254. The molecule has 4 aromatic carbocycles. The molecule has 10 heteroatoms. The van der Waals surface area contributed by atoms with Gasteiger partial charge in [0.1, 0.15) is 29.9 Å². The van der Waals surface area contributed by atoms with Crippen LogP contribution in [0.2, 0.25) is 0 Å². The van der Waals surface area contributed by atoms with Crippen LogP contribution < -0.4 is 0 Å². The Balaban J connectivity index is 1.23. The Hall–Kier alpha value is -2.82. The molecule has 58 heavy (non-hydrogen) atoms. The summed E-state index contributed by atoms with van der Waals surface area (Å²) in [5.41, 5.74) is 4.10. The highest BCUT2D eigenvalue weighted by atomic mass is 32.2. The van der Waals surface area contributed by atoms with Crippen molar-refractivity contribution in [3.63, 3.8) is 0 Å². The zero-order chi connectivity index (χ0) is 40.5. The third kappa shape index (κ3) is 16.7. The maximum atomic E-state index is 12.7. The van der Waals surface area contributed by atoms with Crippen LogP contribution in [0.25, 0.3) is 0 Å². The van der Waals surface area contributed by atoms with E-state index in [9.17, 15) is 4.57 Å². The summed E-state index contributed by atoms with van der Waals surface area (Å²) < 4.78 is 57.6. The predicted molar refractivity (Wildman–Crippen MR) is 235 cm³/mol. The van der Waals surface area contributed by atoms with Gasteiger partial charge in [-0.05, 0) is 54.7 Å². The Morgan fingerprint density at radius 2 is 0.931 bits per heavy atom. The molecule has 0 unspecified atom stereocenters. The fourth-order valence-electron chi connectivity index (χ4n) is 7.11. The minimum absolute atomic E-state index is 0.282. The second-order valence-corrected chi connectivity index (χ2v) is 18.1. The van der Waals surface area contributed by atoms with E-state index in [2.05, 4.69) is 48.5 Å². The van der Waals surface area contributed by atoms with Crippen LogP contribution in [0.15, 0.2) is 121 Å². The van der Waals surface area contributed by atoms with E-state index in [1.54, 1.807) is 0 Å². The van der Waals surface area contributed by atoms with Crippen molar-refractivity contribution in [1.29, 1.82) is 0 Å². The second kappa shape index (κ2) is 27.1. The topological polar surface area (TPSA) is 81.7 Å². The number of benzene rings is 4. The average molecular weight is 833 g/mol. The summed E-state index contributed by atoms with van der Waals surface area (Å²) in [7, 11) is -2.94. The van der Waals surface area contributed by atoms with Gasteiger partial charge in [-0.25, -0.2) is 0 Å². The monoisotopic (exact) mass is 832 g/mol. The standard InChI is InChI=1S/C48H65O8PS/c1-3-54-57(49,55-4-2)33-23-9-7-5-6-8-10-24-34-58-48-47(53-38-43-31-21-14-22-32-43)46(52-37-42-29-19-13-20-30-42)45(51-36-41-27-17-12-18-28-41)44(56-48)39-50-35-40-25-15-11-16-26-40/h11-22,25-32,44-48H,3-10,23-24,33-39H2,1-2H3/t44-,45+,46+,47-,48-/m1/s1. The first-order valence-electron chi connectivity index (χ1n) is 21.3. The van der Waals surface area contributed by atoms with Crippen LogP contribution in [0.3, 0.4) is 0 Å². The molecule has 1 aliphatic rings. The Labute approximate surface area is 352 Å². The molecule has 8 nitrogen and oxygen atoms in total. The van der Waals surface area contributed by atoms with E-state index < -0.39 is 19.8 Å². The molecule has 0 aliphatic carbocycles. The van der Waals surface area contributed by atoms with E-state index in [1.807, 2.05) is 98.4 Å². The van der Waals surface area contributed by atoms with Crippen LogP contribution in [0.4, 0.5) is 0 Å². The van der Waals surface area contributed by atoms with Crippen molar-refractivity contribution < 1.29 is 37.3 Å². The molecule has 0 saturated carbocycles.